The average Bonchev–Trinajstić information content (AvgIpc) is 3.03. The third kappa shape index (κ3) is 3.60. The van der Waals surface area contributed by atoms with Gasteiger partial charge in [0.05, 0.1) is 5.56 Å². The predicted molar refractivity (Wildman–Crippen MR) is 102 cm³/mol. The number of hydrogen-bond acceptors (Lipinski definition) is 5. The van der Waals surface area contributed by atoms with Crippen LogP contribution in [0.2, 0.25) is 0 Å². The SMILES string of the molecule is CCc1c(CC2(CC3CCOC3)CC2)oc(=O)c(Cc2cccs2)c1O. The first-order valence-electron chi connectivity index (χ1n) is 9.57. The van der Waals surface area contributed by atoms with Gasteiger partial charge in [-0.1, -0.05) is 13.0 Å². The van der Waals surface area contributed by atoms with Crippen LogP contribution in [-0.4, -0.2) is 18.3 Å². The summed E-state index contributed by atoms with van der Waals surface area (Å²) in [6.07, 6.45) is 6.49. The van der Waals surface area contributed by atoms with E-state index < -0.39 is 0 Å². The van der Waals surface area contributed by atoms with E-state index in [1.807, 2.05) is 24.4 Å². The standard InChI is InChI=1S/C21H26O4S/c1-2-16-18(12-21(6-7-21)11-14-5-8-24-13-14)25-20(23)17(19(16)22)10-15-4-3-9-26-15/h3-4,9,14,22H,2,5-8,10-13H2,1H3. The van der Waals surface area contributed by atoms with E-state index in [0.717, 1.165) is 42.9 Å². The van der Waals surface area contributed by atoms with Crippen molar-refractivity contribution in [3.63, 3.8) is 0 Å². The van der Waals surface area contributed by atoms with Crippen molar-refractivity contribution in [2.24, 2.45) is 11.3 Å². The van der Waals surface area contributed by atoms with E-state index in [2.05, 4.69) is 0 Å². The third-order valence-electron chi connectivity index (χ3n) is 5.89. The molecule has 4 nitrogen and oxygen atoms in total. The van der Waals surface area contributed by atoms with Crippen LogP contribution >= 0.6 is 11.3 Å². The Bertz CT molecular complexity index is 811. The summed E-state index contributed by atoms with van der Waals surface area (Å²) in [6.45, 7) is 3.74. The van der Waals surface area contributed by atoms with Crippen LogP contribution in [0.4, 0.5) is 0 Å². The van der Waals surface area contributed by atoms with E-state index in [-0.39, 0.29) is 16.8 Å². The van der Waals surface area contributed by atoms with Gasteiger partial charge in [-0.2, -0.15) is 0 Å². The van der Waals surface area contributed by atoms with Gasteiger partial charge in [-0.05, 0) is 54.9 Å². The molecule has 1 unspecified atom stereocenters. The summed E-state index contributed by atoms with van der Waals surface area (Å²) in [4.78, 5) is 13.6. The lowest BCUT2D eigenvalue weighted by molar-refractivity contribution is 0.177. The smallest absolute Gasteiger partial charge is 0.343 e. The Hall–Kier alpha value is -1.59. The summed E-state index contributed by atoms with van der Waals surface area (Å²) in [5.74, 6) is 1.47. The molecule has 140 valence electrons. The van der Waals surface area contributed by atoms with Crippen molar-refractivity contribution < 1.29 is 14.3 Å². The minimum Gasteiger partial charge on any atom is -0.507 e. The van der Waals surface area contributed by atoms with E-state index in [4.69, 9.17) is 9.15 Å². The summed E-state index contributed by atoms with van der Waals surface area (Å²) >= 11 is 1.59. The molecule has 1 aliphatic heterocycles. The van der Waals surface area contributed by atoms with E-state index in [0.29, 0.717) is 30.1 Å². The Labute approximate surface area is 157 Å². The van der Waals surface area contributed by atoms with Crippen molar-refractivity contribution in [2.75, 3.05) is 13.2 Å². The van der Waals surface area contributed by atoms with E-state index in [9.17, 15) is 9.90 Å². The Morgan fingerprint density at radius 2 is 2.19 bits per heavy atom. The molecule has 1 saturated heterocycles. The normalized spacial score (nSPS) is 21.2. The van der Waals surface area contributed by atoms with Crippen molar-refractivity contribution in [1.82, 2.24) is 0 Å². The molecule has 0 radical (unpaired) electrons. The number of rotatable bonds is 7. The predicted octanol–water partition coefficient (Wildman–Crippen LogP) is 4.31. The monoisotopic (exact) mass is 374 g/mol. The molecule has 1 atom stereocenters. The average molecular weight is 375 g/mol. The number of ether oxygens (including phenoxy) is 1. The molecule has 0 spiro atoms. The zero-order valence-corrected chi connectivity index (χ0v) is 16.1. The maximum absolute atomic E-state index is 12.6. The van der Waals surface area contributed by atoms with Gasteiger partial charge in [-0.15, -0.1) is 11.3 Å². The Morgan fingerprint density at radius 1 is 1.35 bits per heavy atom. The van der Waals surface area contributed by atoms with Gasteiger partial charge in [0.2, 0.25) is 0 Å². The molecule has 1 saturated carbocycles. The van der Waals surface area contributed by atoms with Crippen molar-refractivity contribution in [3.8, 4) is 5.75 Å². The van der Waals surface area contributed by atoms with Gasteiger partial charge in [0, 0.05) is 36.5 Å². The van der Waals surface area contributed by atoms with Gasteiger partial charge >= 0.3 is 5.63 Å². The summed E-state index contributed by atoms with van der Waals surface area (Å²) in [5.41, 5.74) is 1.05. The van der Waals surface area contributed by atoms with Crippen LogP contribution in [0.3, 0.4) is 0 Å². The second-order valence-corrected chi connectivity index (χ2v) is 8.87. The van der Waals surface area contributed by atoms with Gasteiger partial charge in [0.1, 0.15) is 11.5 Å². The van der Waals surface area contributed by atoms with E-state index >= 15 is 0 Å². The van der Waals surface area contributed by atoms with Crippen LogP contribution in [0.5, 0.6) is 5.75 Å². The zero-order chi connectivity index (χ0) is 18.1. The van der Waals surface area contributed by atoms with Gasteiger partial charge in [-0.3, -0.25) is 0 Å². The molecule has 1 N–H and O–H groups in total. The van der Waals surface area contributed by atoms with Gasteiger partial charge < -0.3 is 14.3 Å². The topological polar surface area (TPSA) is 59.7 Å². The first-order valence-corrected chi connectivity index (χ1v) is 10.4. The Morgan fingerprint density at radius 3 is 2.81 bits per heavy atom. The molecule has 2 aliphatic rings. The minimum absolute atomic E-state index is 0.146. The fraction of sp³-hybridized carbons (Fsp3) is 0.571. The van der Waals surface area contributed by atoms with Crippen molar-refractivity contribution >= 4 is 11.3 Å². The highest BCUT2D eigenvalue weighted by Gasteiger charge is 2.45. The molecule has 0 bridgehead atoms. The van der Waals surface area contributed by atoms with Gasteiger partial charge in [-0.25, -0.2) is 4.79 Å². The van der Waals surface area contributed by atoms with Crippen LogP contribution in [0, 0.1) is 11.3 Å². The molecule has 26 heavy (non-hydrogen) atoms. The van der Waals surface area contributed by atoms with Crippen LogP contribution in [0.25, 0.3) is 0 Å². The lowest BCUT2D eigenvalue weighted by Crippen LogP contribution is -2.17. The molecular formula is C21H26O4S. The fourth-order valence-corrected chi connectivity index (χ4v) is 4.94. The molecule has 2 fully saturated rings. The largest absolute Gasteiger partial charge is 0.507 e. The second kappa shape index (κ2) is 7.20. The molecule has 0 aromatic carbocycles. The van der Waals surface area contributed by atoms with Crippen LogP contribution in [0.1, 0.15) is 54.4 Å². The zero-order valence-electron chi connectivity index (χ0n) is 15.3. The summed E-state index contributed by atoms with van der Waals surface area (Å²) in [7, 11) is 0. The summed E-state index contributed by atoms with van der Waals surface area (Å²) < 4.78 is 11.3. The third-order valence-corrected chi connectivity index (χ3v) is 6.77. The molecule has 0 amide bonds. The number of hydrogen-bond donors (Lipinski definition) is 1. The molecule has 1 aliphatic carbocycles. The highest BCUT2D eigenvalue weighted by molar-refractivity contribution is 7.09. The van der Waals surface area contributed by atoms with Crippen LogP contribution < -0.4 is 5.63 Å². The molecular weight excluding hydrogens is 348 g/mol. The highest BCUT2D eigenvalue weighted by Crippen LogP contribution is 2.54. The van der Waals surface area contributed by atoms with Crippen LogP contribution in [-0.2, 0) is 24.0 Å². The number of thiophene rings is 1. The molecule has 4 rings (SSSR count). The molecule has 2 aromatic heterocycles. The fourth-order valence-electron chi connectivity index (χ4n) is 4.22. The van der Waals surface area contributed by atoms with Crippen LogP contribution in [0.15, 0.2) is 26.7 Å². The van der Waals surface area contributed by atoms with Crippen molar-refractivity contribution in [1.29, 1.82) is 0 Å². The lowest BCUT2D eigenvalue weighted by atomic mass is 9.86. The lowest BCUT2D eigenvalue weighted by Gasteiger charge is -2.20. The first kappa shape index (κ1) is 17.8. The molecule has 5 heteroatoms. The van der Waals surface area contributed by atoms with Crippen molar-refractivity contribution in [3.05, 3.63) is 49.7 Å². The molecule has 2 aromatic rings. The molecule has 3 heterocycles. The van der Waals surface area contributed by atoms with E-state index in [1.54, 1.807) is 11.3 Å². The first-order chi connectivity index (χ1) is 12.6. The summed E-state index contributed by atoms with van der Waals surface area (Å²) in [5, 5.41) is 12.8. The maximum atomic E-state index is 12.6. The van der Waals surface area contributed by atoms with Gasteiger partial charge in [0.25, 0.3) is 0 Å². The highest BCUT2D eigenvalue weighted by atomic mass is 32.1. The van der Waals surface area contributed by atoms with E-state index in [1.165, 1.54) is 12.8 Å². The van der Waals surface area contributed by atoms with Crippen molar-refractivity contribution in [2.45, 2.75) is 51.9 Å². The minimum atomic E-state index is -0.386. The Balaban J connectivity index is 1.59. The second-order valence-electron chi connectivity index (χ2n) is 7.84. The Kier molecular flexibility index (Phi) is 4.93. The van der Waals surface area contributed by atoms with Gasteiger partial charge in [0.15, 0.2) is 0 Å². The maximum Gasteiger partial charge on any atom is 0.343 e. The quantitative estimate of drug-likeness (QED) is 0.784. The summed E-state index contributed by atoms with van der Waals surface area (Å²) in [6, 6.07) is 3.93. The number of aromatic hydroxyl groups is 1.